The van der Waals surface area contributed by atoms with E-state index in [-0.39, 0.29) is 24.2 Å². The molecule has 8 nitrogen and oxygen atoms in total. The summed E-state index contributed by atoms with van der Waals surface area (Å²) < 4.78 is 5.50. The normalized spacial score (nSPS) is 15.6. The van der Waals surface area contributed by atoms with Gasteiger partial charge < -0.3 is 31.0 Å². The number of anilines is 1. The van der Waals surface area contributed by atoms with Crippen LogP contribution in [-0.4, -0.2) is 41.7 Å². The van der Waals surface area contributed by atoms with E-state index in [9.17, 15) is 9.59 Å². The van der Waals surface area contributed by atoms with E-state index < -0.39 is 5.54 Å². The van der Waals surface area contributed by atoms with E-state index in [1.165, 1.54) is 0 Å². The first-order valence-corrected chi connectivity index (χ1v) is 13.7. The minimum absolute atomic E-state index is 0.00870. The summed E-state index contributed by atoms with van der Waals surface area (Å²) in [5.74, 6) is 0.753. The molecule has 3 aromatic rings. The van der Waals surface area contributed by atoms with Gasteiger partial charge in [0.2, 0.25) is 0 Å². The number of H-pyrrole nitrogens is 1. The van der Waals surface area contributed by atoms with Crippen molar-refractivity contribution in [1.29, 1.82) is 0 Å². The Morgan fingerprint density at radius 2 is 1.87 bits per heavy atom. The van der Waals surface area contributed by atoms with Crippen LogP contribution in [0.3, 0.4) is 0 Å². The average molecular weight is 520 g/mol. The number of carbonyl (C=O) groups is 1. The summed E-state index contributed by atoms with van der Waals surface area (Å²) in [6.45, 7) is 12.6. The average Bonchev–Trinajstić information content (AvgIpc) is 3.43. The lowest BCUT2D eigenvalue weighted by molar-refractivity contribution is 0.188. The third kappa shape index (κ3) is 5.56. The maximum atomic E-state index is 13.4. The maximum Gasteiger partial charge on any atom is 0.322 e. The van der Waals surface area contributed by atoms with Gasteiger partial charge in [-0.3, -0.25) is 4.79 Å². The molecule has 1 aliphatic rings. The van der Waals surface area contributed by atoms with Crippen LogP contribution < -0.4 is 26.7 Å². The second-order valence-corrected chi connectivity index (χ2v) is 10.3. The number of nitrogens with two attached hydrogens (primary N) is 1. The van der Waals surface area contributed by atoms with Gasteiger partial charge in [-0.05, 0) is 105 Å². The van der Waals surface area contributed by atoms with Crippen LogP contribution in [0.1, 0.15) is 62.3 Å². The predicted octanol–water partition coefficient (Wildman–Crippen LogP) is 4.91. The largest absolute Gasteiger partial charge is 0.494 e. The fourth-order valence-corrected chi connectivity index (χ4v) is 5.68. The van der Waals surface area contributed by atoms with Gasteiger partial charge in [0, 0.05) is 29.4 Å². The number of hydrogen-bond donors (Lipinski definition) is 4. The number of fused-ring (bicyclic) bond motifs is 1. The molecular weight excluding hydrogens is 478 g/mol. The van der Waals surface area contributed by atoms with E-state index >= 15 is 0 Å². The maximum absolute atomic E-state index is 13.4. The molecule has 5 N–H and O–H groups in total. The van der Waals surface area contributed by atoms with Gasteiger partial charge in [0.25, 0.3) is 5.56 Å². The molecule has 1 unspecified atom stereocenters. The fraction of sp³-hybridized carbons (Fsp3) is 0.467. The summed E-state index contributed by atoms with van der Waals surface area (Å²) in [5, 5.41) is 7.28. The minimum Gasteiger partial charge on any atom is -0.494 e. The molecule has 38 heavy (non-hydrogen) atoms. The summed E-state index contributed by atoms with van der Waals surface area (Å²) in [6, 6.07) is 11.1. The van der Waals surface area contributed by atoms with E-state index in [1.807, 2.05) is 44.2 Å². The van der Waals surface area contributed by atoms with Gasteiger partial charge in [-0.25, -0.2) is 4.79 Å². The van der Waals surface area contributed by atoms with Gasteiger partial charge >= 0.3 is 6.03 Å². The highest BCUT2D eigenvalue weighted by molar-refractivity contribution is 5.90. The zero-order chi connectivity index (χ0) is 27.4. The molecule has 204 valence electrons. The van der Waals surface area contributed by atoms with Crippen LogP contribution in [0.5, 0.6) is 5.75 Å². The van der Waals surface area contributed by atoms with Crippen molar-refractivity contribution in [1.82, 2.24) is 15.2 Å². The highest BCUT2D eigenvalue weighted by atomic mass is 16.5. The monoisotopic (exact) mass is 519 g/mol. The van der Waals surface area contributed by atoms with Gasteiger partial charge in [0.15, 0.2) is 0 Å². The van der Waals surface area contributed by atoms with Crippen molar-refractivity contribution in [3.05, 3.63) is 69.0 Å². The molecule has 2 heterocycles. The molecule has 8 heteroatoms. The smallest absolute Gasteiger partial charge is 0.322 e. The molecule has 0 radical (unpaired) electrons. The summed E-state index contributed by atoms with van der Waals surface area (Å²) in [5.41, 5.74) is 11.4. The Labute approximate surface area is 224 Å². The Kier molecular flexibility index (Phi) is 8.43. The number of nitrogens with one attached hydrogen (secondary N) is 3. The number of aromatic amines is 1. The molecule has 1 fully saturated rings. The molecule has 0 bridgehead atoms. The van der Waals surface area contributed by atoms with Crippen LogP contribution in [0.4, 0.5) is 10.5 Å². The highest BCUT2D eigenvalue weighted by Crippen LogP contribution is 2.35. The van der Waals surface area contributed by atoms with E-state index in [0.29, 0.717) is 24.4 Å². The molecule has 1 aliphatic heterocycles. The summed E-state index contributed by atoms with van der Waals surface area (Å²) in [4.78, 5) is 31.7. The Balaban J connectivity index is 1.66. The van der Waals surface area contributed by atoms with Crippen molar-refractivity contribution in [3.8, 4) is 5.75 Å². The van der Waals surface area contributed by atoms with Gasteiger partial charge in [-0.15, -0.1) is 0 Å². The van der Waals surface area contributed by atoms with Crippen LogP contribution in [0.25, 0.3) is 10.9 Å². The Hall–Kier alpha value is -3.36. The van der Waals surface area contributed by atoms with Crippen LogP contribution >= 0.6 is 0 Å². The number of rotatable bonds is 9. The molecular formula is C30H41N5O3. The van der Waals surface area contributed by atoms with Crippen LogP contribution in [0.2, 0.25) is 0 Å². The molecule has 0 aliphatic carbocycles. The van der Waals surface area contributed by atoms with E-state index in [4.69, 9.17) is 10.5 Å². The number of benzene rings is 2. The first-order valence-electron chi connectivity index (χ1n) is 13.7. The van der Waals surface area contributed by atoms with Crippen molar-refractivity contribution < 1.29 is 9.53 Å². The number of ether oxygens (including phenoxy) is 1. The number of urea groups is 1. The second kappa shape index (κ2) is 11.6. The van der Waals surface area contributed by atoms with Crippen molar-refractivity contribution in [3.63, 3.8) is 0 Å². The highest BCUT2D eigenvalue weighted by Gasteiger charge is 2.30. The zero-order valence-corrected chi connectivity index (χ0v) is 23.2. The van der Waals surface area contributed by atoms with Crippen LogP contribution in [0, 0.1) is 13.8 Å². The number of carbonyl (C=O) groups excluding carboxylic acids is 1. The number of amides is 2. The zero-order valence-electron chi connectivity index (χ0n) is 23.2. The van der Waals surface area contributed by atoms with Crippen LogP contribution in [0.15, 0.2) is 41.2 Å². The predicted molar refractivity (Wildman–Crippen MR) is 154 cm³/mol. The van der Waals surface area contributed by atoms with Gasteiger partial charge in [-0.1, -0.05) is 13.8 Å². The molecule has 0 saturated carbocycles. The Morgan fingerprint density at radius 1 is 1.16 bits per heavy atom. The number of pyridine rings is 1. The molecule has 2 aromatic carbocycles. The van der Waals surface area contributed by atoms with Crippen molar-refractivity contribution in [2.75, 3.05) is 25.0 Å². The van der Waals surface area contributed by atoms with E-state index in [0.717, 1.165) is 59.2 Å². The molecule has 1 aromatic heterocycles. The quantitative estimate of drug-likeness (QED) is 0.321. The van der Waals surface area contributed by atoms with Crippen molar-refractivity contribution in [2.24, 2.45) is 5.73 Å². The summed E-state index contributed by atoms with van der Waals surface area (Å²) in [7, 11) is 0. The number of aromatic nitrogens is 1. The fourth-order valence-electron chi connectivity index (χ4n) is 5.68. The number of aryl methyl sites for hydroxylation is 2. The third-order valence-corrected chi connectivity index (χ3v) is 7.92. The standard InChI is InChI=1S/C30H41N5O3/c1-6-30(31,7-2)26-19(4)15-21-16-22(28(36)34-27(21)20(26)5)18-35(24-13-14-32-17-24)29(37)33-23-9-11-25(12-10-23)38-8-3/h9-12,15-16,24,32H,6-8,13-14,17-18,31H2,1-5H3,(H,33,37)(H,34,36). The van der Waals surface area contributed by atoms with Gasteiger partial charge in [0.1, 0.15) is 5.75 Å². The number of nitrogens with zero attached hydrogens (tertiary/aromatic N) is 1. The first kappa shape index (κ1) is 27.7. The second-order valence-electron chi connectivity index (χ2n) is 10.3. The molecule has 2 amide bonds. The summed E-state index contributed by atoms with van der Waals surface area (Å²) >= 11 is 0. The first-order chi connectivity index (χ1) is 18.2. The molecule has 4 rings (SSSR count). The molecule has 1 atom stereocenters. The number of hydrogen-bond acceptors (Lipinski definition) is 5. The van der Waals surface area contributed by atoms with Gasteiger partial charge in [0.05, 0.1) is 18.7 Å². The van der Waals surface area contributed by atoms with Crippen molar-refractivity contribution >= 4 is 22.6 Å². The van der Waals surface area contributed by atoms with Gasteiger partial charge in [-0.2, -0.15) is 0 Å². The minimum atomic E-state index is -0.441. The molecule has 1 saturated heterocycles. The lowest BCUT2D eigenvalue weighted by atomic mass is 9.79. The van der Waals surface area contributed by atoms with Crippen molar-refractivity contribution in [2.45, 2.75) is 72.0 Å². The van der Waals surface area contributed by atoms with Crippen LogP contribution in [-0.2, 0) is 12.1 Å². The van der Waals surface area contributed by atoms with E-state index in [2.05, 4.69) is 42.5 Å². The molecule has 0 spiro atoms. The summed E-state index contributed by atoms with van der Waals surface area (Å²) in [6.07, 6.45) is 2.45. The third-order valence-electron chi connectivity index (χ3n) is 7.92. The lowest BCUT2D eigenvalue weighted by Gasteiger charge is -2.32. The van der Waals surface area contributed by atoms with E-state index in [1.54, 1.807) is 4.90 Å². The Morgan fingerprint density at radius 3 is 2.47 bits per heavy atom. The Bertz CT molecular complexity index is 1340. The topological polar surface area (TPSA) is 112 Å². The SMILES string of the molecule is CCOc1ccc(NC(=O)N(Cc2cc3cc(C)c(C(N)(CC)CC)c(C)c3[nH]c2=O)C2CCNC2)cc1. The lowest BCUT2D eigenvalue weighted by Crippen LogP contribution is -2.44.